The largest absolute Gasteiger partial charge is 0.351 e. The molecule has 2 amide bonds. The number of nitrogens with one attached hydrogen (secondary N) is 1. The van der Waals surface area contributed by atoms with Crippen LogP contribution in [0.2, 0.25) is 5.02 Å². The van der Waals surface area contributed by atoms with E-state index in [4.69, 9.17) is 11.6 Å². The predicted octanol–water partition coefficient (Wildman–Crippen LogP) is 3.43. The number of amides is 2. The van der Waals surface area contributed by atoms with Crippen LogP contribution in [0.1, 0.15) is 33.6 Å². The van der Waals surface area contributed by atoms with Crippen molar-refractivity contribution in [2.24, 2.45) is 0 Å². The van der Waals surface area contributed by atoms with Gasteiger partial charge in [0.05, 0.1) is 16.3 Å². The second-order valence-electron chi connectivity index (χ2n) is 7.13. The number of carbonyl (C=O) groups excluding carboxylic acids is 2. The van der Waals surface area contributed by atoms with Gasteiger partial charge in [-0.1, -0.05) is 11.6 Å². The molecule has 2 aliphatic heterocycles. The molecule has 1 saturated heterocycles. The Balaban J connectivity index is 1.54. The van der Waals surface area contributed by atoms with E-state index in [1.165, 1.54) is 36.4 Å². The summed E-state index contributed by atoms with van der Waals surface area (Å²) in [6.45, 7) is 0.784. The molecule has 2 aromatic rings. The minimum atomic E-state index is -0.685. The van der Waals surface area contributed by atoms with Crippen molar-refractivity contribution in [1.82, 2.24) is 10.2 Å². The molecular weight excluding hydrogens is 388 g/mol. The van der Waals surface area contributed by atoms with Gasteiger partial charge in [-0.2, -0.15) is 0 Å². The van der Waals surface area contributed by atoms with Crippen molar-refractivity contribution in [2.75, 3.05) is 25.0 Å². The highest BCUT2D eigenvalue weighted by Gasteiger charge is 2.45. The summed E-state index contributed by atoms with van der Waals surface area (Å²) in [4.78, 5) is 28.8. The van der Waals surface area contributed by atoms with Gasteiger partial charge >= 0.3 is 0 Å². The molecule has 0 bridgehead atoms. The third kappa shape index (κ3) is 2.99. The van der Waals surface area contributed by atoms with Crippen molar-refractivity contribution in [3.63, 3.8) is 0 Å². The molecule has 0 atom stereocenters. The number of fused-ring (bicyclic) bond motifs is 1. The number of anilines is 1. The van der Waals surface area contributed by atoms with Crippen molar-refractivity contribution in [3.8, 4) is 0 Å². The van der Waals surface area contributed by atoms with E-state index < -0.39 is 17.3 Å². The molecule has 1 spiro atoms. The summed E-state index contributed by atoms with van der Waals surface area (Å²) in [6.07, 6.45) is 0.956. The number of halogens is 3. The van der Waals surface area contributed by atoms with Gasteiger partial charge in [-0.05, 0) is 36.4 Å². The lowest BCUT2D eigenvalue weighted by atomic mass is 9.90. The lowest BCUT2D eigenvalue weighted by Gasteiger charge is -2.51. The number of likely N-dealkylation sites (tertiary alicyclic amines) is 1. The lowest BCUT2D eigenvalue weighted by Crippen LogP contribution is -2.67. The van der Waals surface area contributed by atoms with Gasteiger partial charge in [0.15, 0.2) is 0 Å². The zero-order chi connectivity index (χ0) is 20.1. The van der Waals surface area contributed by atoms with Crippen LogP contribution in [0.5, 0.6) is 0 Å². The van der Waals surface area contributed by atoms with Crippen molar-refractivity contribution in [1.29, 1.82) is 0 Å². The molecule has 28 heavy (non-hydrogen) atoms. The Hall–Kier alpha value is -2.67. The van der Waals surface area contributed by atoms with Gasteiger partial charge in [0, 0.05) is 38.5 Å². The third-order valence-electron chi connectivity index (χ3n) is 5.60. The lowest BCUT2D eigenvalue weighted by molar-refractivity contribution is 0.0609. The number of rotatable bonds is 1. The molecule has 0 aliphatic carbocycles. The fraction of sp³-hybridized carbons (Fsp3) is 0.300. The van der Waals surface area contributed by atoms with E-state index in [2.05, 4.69) is 5.32 Å². The Labute approximate surface area is 165 Å². The highest BCUT2D eigenvalue weighted by Crippen LogP contribution is 2.36. The number of hydrogen-bond donors (Lipinski definition) is 1. The maximum absolute atomic E-state index is 13.7. The van der Waals surface area contributed by atoms with Crippen LogP contribution in [0.15, 0.2) is 36.4 Å². The van der Waals surface area contributed by atoms with Gasteiger partial charge in [-0.3, -0.25) is 9.59 Å². The van der Waals surface area contributed by atoms with Crippen LogP contribution in [-0.4, -0.2) is 42.5 Å². The van der Waals surface area contributed by atoms with E-state index in [-0.39, 0.29) is 16.8 Å². The third-order valence-corrected chi connectivity index (χ3v) is 5.89. The fourth-order valence-corrected chi connectivity index (χ4v) is 4.10. The first-order valence-electron chi connectivity index (χ1n) is 8.91. The number of hydrogen-bond acceptors (Lipinski definition) is 3. The molecule has 4 rings (SSSR count). The fourth-order valence-electron chi connectivity index (χ4n) is 3.92. The van der Waals surface area contributed by atoms with E-state index in [0.717, 1.165) is 0 Å². The quantitative estimate of drug-likeness (QED) is 0.790. The van der Waals surface area contributed by atoms with Gasteiger partial charge in [0.25, 0.3) is 11.8 Å². The zero-order valence-electron chi connectivity index (χ0n) is 15.1. The normalized spacial score (nSPS) is 18.1. The topological polar surface area (TPSA) is 52.7 Å². The van der Waals surface area contributed by atoms with Crippen LogP contribution in [0.25, 0.3) is 0 Å². The second-order valence-corrected chi connectivity index (χ2v) is 7.53. The molecule has 0 radical (unpaired) electrons. The van der Waals surface area contributed by atoms with Crippen molar-refractivity contribution in [2.45, 2.75) is 18.5 Å². The molecule has 2 aliphatic rings. The van der Waals surface area contributed by atoms with E-state index in [1.807, 2.05) is 11.9 Å². The van der Waals surface area contributed by atoms with Crippen LogP contribution in [0, 0.1) is 11.6 Å². The van der Waals surface area contributed by atoms with Gasteiger partial charge in [-0.15, -0.1) is 0 Å². The van der Waals surface area contributed by atoms with Gasteiger partial charge in [0.1, 0.15) is 17.3 Å². The Morgan fingerprint density at radius 2 is 1.86 bits per heavy atom. The molecule has 2 heterocycles. The first-order chi connectivity index (χ1) is 13.3. The minimum Gasteiger partial charge on any atom is -0.351 e. The highest BCUT2D eigenvalue weighted by atomic mass is 35.5. The first kappa shape index (κ1) is 18.7. The summed E-state index contributed by atoms with van der Waals surface area (Å²) in [7, 11) is 1.81. The van der Waals surface area contributed by atoms with E-state index in [9.17, 15) is 18.4 Å². The van der Waals surface area contributed by atoms with Gasteiger partial charge < -0.3 is 15.1 Å². The van der Waals surface area contributed by atoms with Gasteiger partial charge in [-0.25, -0.2) is 8.78 Å². The molecule has 1 fully saturated rings. The van der Waals surface area contributed by atoms with E-state index in [1.54, 1.807) is 4.90 Å². The monoisotopic (exact) mass is 405 g/mol. The summed E-state index contributed by atoms with van der Waals surface area (Å²) in [5.41, 5.74) is 0.591. The molecule has 8 heteroatoms. The van der Waals surface area contributed by atoms with Crippen LogP contribution in [-0.2, 0) is 0 Å². The molecule has 0 aromatic heterocycles. The van der Waals surface area contributed by atoms with Crippen LogP contribution >= 0.6 is 11.6 Å². The van der Waals surface area contributed by atoms with Crippen molar-refractivity contribution >= 4 is 29.1 Å². The summed E-state index contributed by atoms with van der Waals surface area (Å²) in [5, 5.41) is 2.93. The van der Waals surface area contributed by atoms with Crippen LogP contribution in [0.4, 0.5) is 14.5 Å². The molecule has 0 unspecified atom stereocenters. The number of piperidine rings is 1. The molecule has 5 nitrogen and oxygen atoms in total. The van der Waals surface area contributed by atoms with Crippen molar-refractivity contribution in [3.05, 3.63) is 64.2 Å². The molecule has 2 aromatic carbocycles. The summed E-state index contributed by atoms with van der Waals surface area (Å²) >= 11 is 5.78. The molecule has 146 valence electrons. The maximum atomic E-state index is 13.7. The van der Waals surface area contributed by atoms with E-state index in [0.29, 0.717) is 42.7 Å². The number of carbonyl (C=O) groups is 2. The molecular formula is C20H18ClF2N3O2. The highest BCUT2D eigenvalue weighted by molar-refractivity contribution is 6.31. The zero-order valence-corrected chi connectivity index (χ0v) is 15.9. The summed E-state index contributed by atoms with van der Waals surface area (Å²) in [6, 6.07) is 7.98. The molecule has 0 saturated carbocycles. The first-order valence-corrected chi connectivity index (χ1v) is 9.29. The standard InChI is InChI=1S/C20H18ClF2N3O2/c1-25-17-11-13(22)3-4-14(17)18(27)24-20(25)6-8-26(9-7-20)19(28)12-2-5-16(23)15(21)10-12/h2-5,10-11H,6-9H2,1H3,(H,24,27). The Morgan fingerprint density at radius 1 is 1.14 bits per heavy atom. The average molecular weight is 406 g/mol. The Bertz CT molecular complexity index is 974. The van der Waals surface area contributed by atoms with Crippen LogP contribution < -0.4 is 10.2 Å². The Morgan fingerprint density at radius 3 is 2.54 bits per heavy atom. The average Bonchev–Trinajstić information content (AvgIpc) is 2.68. The SMILES string of the molecule is CN1c2cc(F)ccc2C(=O)NC12CCN(C(=O)c1ccc(F)c(Cl)c1)CC2. The van der Waals surface area contributed by atoms with Crippen LogP contribution in [0.3, 0.4) is 0 Å². The summed E-state index contributed by atoms with van der Waals surface area (Å²) < 4.78 is 27.1. The Kier molecular flexibility index (Phi) is 4.50. The summed E-state index contributed by atoms with van der Waals surface area (Å²) in [5.74, 6) is -1.48. The second kappa shape index (κ2) is 6.74. The van der Waals surface area contributed by atoms with E-state index >= 15 is 0 Å². The molecule has 1 N–H and O–H groups in total. The number of nitrogens with zero attached hydrogens (tertiary/aromatic N) is 2. The minimum absolute atomic E-state index is 0.0998. The maximum Gasteiger partial charge on any atom is 0.255 e. The van der Waals surface area contributed by atoms with Gasteiger partial charge in [0.2, 0.25) is 0 Å². The van der Waals surface area contributed by atoms with Crippen molar-refractivity contribution < 1.29 is 18.4 Å². The predicted molar refractivity (Wildman–Crippen MR) is 102 cm³/mol. The number of benzene rings is 2. The smallest absolute Gasteiger partial charge is 0.255 e.